The van der Waals surface area contributed by atoms with Crippen LogP contribution >= 0.6 is 0 Å². The molecule has 0 heterocycles. The molecule has 1 amide bonds. The number of nitrogens with one attached hydrogen (secondary N) is 1. The normalized spacial score (nSPS) is 13.3. The molecule has 23 heavy (non-hydrogen) atoms. The summed E-state index contributed by atoms with van der Waals surface area (Å²) in [6.45, 7) is 11.9. The van der Waals surface area contributed by atoms with Crippen molar-refractivity contribution in [3.05, 3.63) is 12.0 Å². The quantitative estimate of drug-likeness (QED) is 0.673. The van der Waals surface area contributed by atoms with Crippen LogP contribution in [0.4, 0.5) is 4.79 Å². The van der Waals surface area contributed by atoms with Gasteiger partial charge in [-0.25, -0.2) is 18.0 Å². The van der Waals surface area contributed by atoms with Gasteiger partial charge in [0.15, 0.2) is 9.84 Å². The van der Waals surface area contributed by atoms with Crippen molar-refractivity contribution in [3.8, 4) is 0 Å². The van der Waals surface area contributed by atoms with Gasteiger partial charge in [0.1, 0.15) is 18.2 Å². The second kappa shape index (κ2) is 8.90. The van der Waals surface area contributed by atoms with Gasteiger partial charge >= 0.3 is 12.1 Å². The lowest BCUT2D eigenvalue weighted by Gasteiger charge is -2.25. The standard InChI is InChI=1S/C15H27NO6S/c1-7-23(19,20)9-8-21-14(18)16-12(10-11(2)3)13(17)22-15(4,5)6/h7,11-12H,1,8-10H2,2-6H3,(H,16,18)/t12-/m0/s1. The van der Waals surface area contributed by atoms with Gasteiger partial charge in [0.2, 0.25) is 0 Å². The first-order chi connectivity index (χ1) is 10.4. The first kappa shape index (κ1) is 21.4. The molecule has 1 atom stereocenters. The molecule has 0 unspecified atom stereocenters. The zero-order valence-electron chi connectivity index (χ0n) is 14.4. The fraction of sp³-hybridized carbons (Fsp3) is 0.733. The molecule has 0 fully saturated rings. The van der Waals surface area contributed by atoms with Crippen LogP contribution in [0.3, 0.4) is 0 Å². The molecular weight excluding hydrogens is 322 g/mol. The second-order valence-electron chi connectivity index (χ2n) is 6.53. The highest BCUT2D eigenvalue weighted by atomic mass is 32.2. The Bertz CT molecular complexity index is 519. The van der Waals surface area contributed by atoms with Crippen LogP contribution in [-0.2, 0) is 24.1 Å². The highest BCUT2D eigenvalue weighted by Gasteiger charge is 2.27. The Labute approximate surface area is 138 Å². The molecule has 134 valence electrons. The van der Waals surface area contributed by atoms with E-state index in [1.165, 1.54) is 0 Å². The molecule has 0 aliphatic carbocycles. The topological polar surface area (TPSA) is 98.8 Å². The van der Waals surface area contributed by atoms with Crippen molar-refractivity contribution in [3.63, 3.8) is 0 Å². The summed E-state index contributed by atoms with van der Waals surface area (Å²) in [7, 11) is -3.44. The number of ether oxygens (including phenoxy) is 2. The third-order valence-electron chi connectivity index (χ3n) is 2.55. The van der Waals surface area contributed by atoms with Crippen LogP contribution in [0, 0.1) is 5.92 Å². The van der Waals surface area contributed by atoms with Crippen LogP contribution in [0.5, 0.6) is 0 Å². The van der Waals surface area contributed by atoms with Crippen LogP contribution in [0.15, 0.2) is 12.0 Å². The molecule has 1 N–H and O–H groups in total. The predicted molar refractivity (Wildman–Crippen MR) is 87.6 cm³/mol. The summed E-state index contributed by atoms with van der Waals surface area (Å²) in [5.74, 6) is -0.763. The third kappa shape index (κ3) is 10.7. The summed E-state index contributed by atoms with van der Waals surface area (Å²) in [6.07, 6.45) is -0.476. The number of carbonyl (C=O) groups excluding carboxylic acids is 2. The summed E-state index contributed by atoms with van der Waals surface area (Å²) in [4.78, 5) is 23.8. The Balaban J connectivity index is 4.61. The van der Waals surface area contributed by atoms with Gasteiger partial charge in [0, 0.05) is 5.41 Å². The number of carbonyl (C=O) groups is 2. The number of hydrogen-bond donors (Lipinski definition) is 1. The Morgan fingerprint density at radius 1 is 1.26 bits per heavy atom. The van der Waals surface area contributed by atoms with Crippen molar-refractivity contribution in [2.75, 3.05) is 12.4 Å². The van der Waals surface area contributed by atoms with Gasteiger partial charge in [-0.05, 0) is 33.1 Å². The summed E-state index contributed by atoms with van der Waals surface area (Å²) < 4.78 is 32.5. The van der Waals surface area contributed by atoms with E-state index in [-0.39, 0.29) is 18.3 Å². The van der Waals surface area contributed by atoms with E-state index in [4.69, 9.17) is 9.47 Å². The lowest BCUT2D eigenvalue weighted by Crippen LogP contribution is -2.45. The minimum absolute atomic E-state index is 0.147. The van der Waals surface area contributed by atoms with Crippen LogP contribution in [0.1, 0.15) is 41.0 Å². The predicted octanol–water partition coefficient (Wildman–Crippen LogP) is 2.03. The molecule has 0 aromatic carbocycles. The number of sulfone groups is 1. The SMILES string of the molecule is C=CS(=O)(=O)CCOC(=O)N[C@@H](CC(C)C)C(=O)OC(C)(C)C. The first-order valence-electron chi connectivity index (χ1n) is 7.37. The molecule has 0 rings (SSSR count). The maximum absolute atomic E-state index is 12.1. The van der Waals surface area contributed by atoms with E-state index in [0.29, 0.717) is 6.42 Å². The Morgan fingerprint density at radius 2 is 1.83 bits per heavy atom. The summed E-state index contributed by atoms with van der Waals surface area (Å²) >= 11 is 0. The van der Waals surface area contributed by atoms with Gasteiger partial charge in [-0.1, -0.05) is 20.4 Å². The Morgan fingerprint density at radius 3 is 2.26 bits per heavy atom. The van der Waals surface area contributed by atoms with Crippen molar-refractivity contribution < 1.29 is 27.5 Å². The molecule has 0 aliphatic rings. The minimum atomic E-state index is -3.44. The van der Waals surface area contributed by atoms with Crippen molar-refractivity contribution in [1.82, 2.24) is 5.32 Å². The number of rotatable bonds is 8. The lowest BCUT2D eigenvalue weighted by molar-refractivity contribution is -0.157. The smallest absolute Gasteiger partial charge is 0.407 e. The van der Waals surface area contributed by atoms with E-state index in [9.17, 15) is 18.0 Å². The van der Waals surface area contributed by atoms with E-state index in [2.05, 4.69) is 11.9 Å². The van der Waals surface area contributed by atoms with Gasteiger partial charge in [0.05, 0.1) is 5.75 Å². The van der Waals surface area contributed by atoms with Gasteiger partial charge in [0.25, 0.3) is 0 Å². The maximum atomic E-state index is 12.1. The van der Waals surface area contributed by atoms with E-state index in [0.717, 1.165) is 5.41 Å². The summed E-state index contributed by atoms with van der Waals surface area (Å²) in [5.41, 5.74) is -0.671. The van der Waals surface area contributed by atoms with E-state index in [1.54, 1.807) is 20.8 Å². The average molecular weight is 349 g/mol. The molecular formula is C15H27NO6S. The van der Waals surface area contributed by atoms with Crippen molar-refractivity contribution in [2.45, 2.75) is 52.7 Å². The third-order valence-corrected chi connectivity index (χ3v) is 3.79. The van der Waals surface area contributed by atoms with Crippen LogP contribution < -0.4 is 5.32 Å². The molecule has 7 nitrogen and oxygen atoms in total. The van der Waals surface area contributed by atoms with Crippen molar-refractivity contribution in [2.24, 2.45) is 5.92 Å². The van der Waals surface area contributed by atoms with Crippen LogP contribution in [-0.4, -0.2) is 44.5 Å². The van der Waals surface area contributed by atoms with Crippen LogP contribution in [0.25, 0.3) is 0 Å². The maximum Gasteiger partial charge on any atom is 0.407 e. The molecule has 0 saturated heterocycles. The first-order valence-corrected chi connectivity index (χ1v) is 9.09. The Kier molecular flexibility index (Phi) is 8.30. The van der Waals surface area contributed by atoms with Gasteiger partial charge < -0.3 is 14.8 Å². The molecule has 0 spiro atoms. The molecule has 0 aliphatic heterocycles. The van der Waals surface area contributed by atoms with E-state index < -0.39 is 33.5 Å². The highest BCUT2D eigenvalue weighted by molar-refractivity contribution is 7.94. The number of alkyl carbamates (subject to hydrolysis) is 1. The summed E-state index contributed by atoms with van der Waals surface area (Å²) in [6, 6.07) is -0.849. The number of amides is 1. The lowest BCUT2D eigenvalue weighted by atomic mass is 10.0. The van der Waals surface area contributed by atoms with E-state index in [1.807, 2.05) is 13.8 Å². The monoisotopic (exact) mass is 349 g/mol. The molecule has 0 radical (unpaired) electrons. The zero-order chi connectivity index (χ0) is 18.3. The molecule has 8 heteroatoms. The van der Waals surface area contributed by atoms with Gasteiger partial charge in [-0.15, -0.1) is 0 Å². The average Bonchev–Trinajstić information content (AvgIpc) is 2.35. The number of hydrogen-bond acceptors (Lipinski definition) is 6. The van der Waals surface area contributed by atoms with E-state index >= 15 is 0 Å². The van der Waals surface area contributed by atoms with Crippen LogP contribution in [0.2, 0.25) is 0 Å². The molecule has 0 aromatic heterocycles. The van der Waals surface area contributed by atoms with Gasteiger partial charge in [-0.2, -0.15) is 0 Å². The number of esters is 1. The second-order valence-corrected chi connectivity index (χ2v) is 8.60. The zero-order valence-corrected chi connectivity index (χ0v) is 15.2. The van der Waals surface area contributed by atoms with Gasteiger partial charge in [-0.3, -0.25) is 0 Å². The minimum Gasteiger partial charge on any atom is -0.458 e. The molecule has 0 bridgehead atoms. The molecule has 0 aromatic rings. The fourth-order valence-corrected chi connectivity index (χ4v) is 2.06. The Hall–Kier alpha value is -1.57. The molecule has 0 saturated carbocycles. The van der Waals surface area contributed by atoms with Crippen molar-refractivity contribution >= 4 is 21.9 Å². The largest absolute Gasteiger partial charge is 0.458 e. The van der Waals surface area contributed by atoms with Crippen molar-refractivity contribution in [1.29, 1.82) is 0 Å². The fourth-order valence-electron chi connectivity index (χ4n) is 1.58. The summed E-state index contributed by atoms with van der Waals surface area (Å²) in [5, 5.41) is 3.22. The highest BCUT2D eigenvalue weighted by Crippen LogP contribution is 2.13.